The van der Waals surface area contributed by atoms with Gasteiger partial charge in [0.05, 0.1) is 0 Å². The van der Waals surface area contributed by atoms with Gasteiger partial charge in [0.15, 0.2) is 0 Å². The fourth-order valence-electron chi connectivity index (χ4n) is 2.69. The third kappa shape index (κ3) is 6.86. The number of amides is 2. The van der Waals surface area contributed by atoms with E-state index in [-0.39, 0.29) is 18.1 Å². The molecule has 0 aliphatic rings. The lowest BCUT2D eigenvalue weighted by Crippen LogP contribution is -2.44. The van der Waals surface area contributed by atoms with Crippen LogP contribution in [-0.4, -0.2) is 18.1 Å². The van der Waals surface area contributed by atoms with E-state index in [0.717, 1.165) is 25.7 Å². The fraction of sp³-hybridized carbons (Fsp3) is 0.381. The summed E-state index contributed by atoms with van der Waals surface area (Å²) in [5, 5.41) is 6.06. The maximum atomic E-state index is 12.1. The second kappa shape index (κ2) is 9.76. The summed E-state index contributed by atoms with van der Waals surface area (Å²) >= 11 is 0. The van der Waals surface area contributed by atoms with Gasteiger partial charge < -0.3 is 10.6 Å². The van der Waals surface area contributed by atoms with Crippen LogP contribution in [0.3, 0.4) is 0 Å². The molecular formula is C21H28N2O. The molecule has 128 valence electrons. The van der Waals surface area contributed by atoms with E-state index in [9.17, 15) is 4.79 Å². The zero-order valence-corrected chi connectivity index (χ0v) is 14.7. The lowest BCUT2D eigenvalue weighted by molar-refractivity contribution is 0.233. The molecule has 2 aromatic carbocycles. The molecule has 0 bridgehead atoms. The van der Waals surface area contributed by atoms with Gasteiger partial charge in [-0.2, -0.15) is 0 Å². The molecule has 0 saturated carbocycles. The van der Waals surface area contributed by atoms with E-state index in [1.54, 1.807) is 0 Å². The topological polar surface area (TPSA) is 41.1 Å². The third-order valence-electron chi connectivity index (χ3n) is 4.17. The molecule has 2 amide bonds. The van der Waals surface area contributed by atoms with E-state index in [1.165, 1.54) is 11.1 Å². The van der Waals surface area contributed by atoms with E-state index in [1.807, 2.05) is 12.1 Å². The summed E-state index contributed by atoms with van der Waals surface area (Å²) in [6.45, 7) is 4.11. The maximum Gasteiger partial charge on any atom is 0.315 e. The van der Waals surface area contributed by atoms with Crippen molar-refractivity contribution >= 4 is 6.03 Å². The van der Waals surface area contributed by atoms with Gasteiger partial charge in [0, 0.05) is 12.1 Å². The lowest BCUT2D eigenvalue weighted by Gasteiger charge is -2.18. The Morgan fingerprint density at radius 1 is 0.750 bits per heavy atom. The first-order valence-corrected chi connectivity index (χ1v) is 8.78. The molecule has 24 heavy (non-hydrogen) atoms. The molecule has 2 N–H and O–H groups in total. The van der Waals surface area contributed by atoms with Gasteiger partial charge in [-0.15, -0.1) is 0 Å². The lowest BCUT2D eigenvalue weighted by atomic mass is 10.1. The molecule has 0 saturated heterocycles. The van der Waals surface area contributed by atoms with Crippen LogP contribution < -0.4 is 10.6 Å². The number of rotatable bonds is 8. The van der Waals surface area contributed by atoms with Crippen molar-refractivity contribution < 1.29 is 4.79 Å². The van der Waals surface area contributed by atoms with Crippen LogP contribution in [0.4, 0.5) is 4.79 Å². The van der Waals surface area contributed by atoms with Gasteiger partial charge in [0.2, 0.25) is 0 Å². The Morgan fingerprint density at radius 3 is 1.50 bits per heavy atom. The van der Waals surface area contributed by atoms with Crippen molar-refractivity contribution in [3.8, 4) is 0 Å². The Bertz CT molecular complexity index is 544. The van der Waals surface area contributed by atoms with E-state index >= 15 is 0 Å². The first kappa shape index (κ1) is 18.1. The van der Waals surface area contributed by atoms with Crippen molar-refractivity contribution in [2.45, 2.75) is 51.6 Å². The number of carbonyl (C=O) groups is 1. The second-order valence-electron chi connectivity index (χ2n) is 6.47. The molecule has 0 spiro atoms. The number of benzene rings is 2. The normalized spacial score (nSPS) is 13.1. The molecule has 3 nitrogen and oxygen atoms in total. The van der Waals surface area contributed by atoms with Crippen LogP contribution in [-0.2, 0) is 12.8 Å². The molecule has 0 aliphatic carbocycles. The number of urea groups is 1. The monoisotopic (exact) mass is 324 g/mol. The van der Waals surface area contributed by atoms with Crippen LogP contribution >= 0.6 is 0 Å². The highest BCUT2D eigenvalue weighted by atomic mass is 16.2. The first-order chi connectivity index (χ1) is 11.6. The van der Waals surface area contributed by atoms with Gasteiger partial charge in [-0.25, -0.2) is 4.79 Å². The average Bonchev–Trinajstić information content (AvgIpc) is 2.60. The Balaban J connectivity index is 1.64. The standard InChI is InChI=1S/C21H28N2O/c1-17(13-15-19-9-5-3-6-10-19)22-21(24)23-18(2)14-16-20-11-7-4-8-12-20/h3-12,17-18H,13-16H2,1-2H3,(H2,22,23,24)/t17-,18-/m1/s1. The van der Waals surface area contributed by atoms with Crippen molar-refractivity contribution in [2.24, 2.45) is 0 Å². The largest absolute Gasteiger partial charge is 0.336 e. The Morgan fingerprint density at radius 2 is 1.12 bits per heavy atom. The predicted octanol–water partition coefficient (Wildman–Crippen LogP) is 4.33. The molecule has 2 aromatic rings. The number of carbonyl (C=O) groups excluding carboxylic acids is 1. The highest BCUT2D eigenvalue weighted by molar-refractivity contribution is 5.74. The van der Waals surface area contributed by atoms with Gasteiger partial charge >= 0.3 is 6.03 Å². The minimum atomic E-state index is -0.0730. The molecule has 3 heteroatoms. The van der Waals surface area contributed by atoms with Gasteiger partial charge in [0.1, 0.15) is 0 Å². The highest BCUT2D eigenvalue weighted by Crippen LogP contribution is 2.06. The van der Waals surface area contributed by atoms with Crippen molar-refractivity contribution in [3.63, 3.8) is 0 Å². The minimum Gasteiger partial charge on any atom is -0.336 e. The van der Waals surface area contributed by atoms with Crippen molar-refractivity contribution in [1.29, 1.82) is 0 Å². The Kier molecular flexibility index (Phi) is 7.34. The van der Waals surface area contributed by atoms with Crippen molar-refractivity contribution in [2.75, 3.05) is 0 Å². The van der Waals surface area contributed by atoms with Crippen LogP contribution in [0.2, 0.25) is 0 Å². The summed E-state index contributed by atoms with van der Waals surface area (Å²) in [4.78, 5) is 12.1. The third-order valence-corrected chi connectivity index (χ3v) is 4.17. The highest BCUT2D eigenvalue weighted by Gasteiger charge is 2.10. The van der Waals surface area contributed by atoms with E-state index in [2.05, 4.69) is 73.0 Å². The summed E-state index contributed by atoms with van der Waals surface area (Å²) < 4.78 is 0. The summed E-state index contributed by atoms with van der Waals surface area (Å²) in [6.07, 6.45) is 3.84. The summed E-state index contributed by atoms with van der Waals surface area (Å²) in [5.74, 6) is 0. The summed E-state index contributed by atoms with van der Waals surface area (Å²) in [7, 11) is 0. The van der Waals surface area contributed by atoms with Gasteiger partial charge in [-0.1, -0.05) is 60.7 Å². The van der Waals surface area contributed by atoms with Crippen molar-refractivity contribution in [1.82, 2.24) is 10.6 Å². The van der Waals surface area contributed by atoms with E-state index in [0.29, 0.717) is 0 Å². The van der Waals surface area contributed by atoms with Gasteiger partial charge in [-0.3, -0.25) is 0 Å². The quantitative estimate of drug-likeness (QED) is 0.745. The Hall–Kier alpha value is -2.29. The molecule has 0 radical (unpaired) electrons. The summed E-state index contributed by atoms with van der Waals surface area (Å²) in [6, 6.07) is 21.0. The van der Waals surface area contributed by atoms with Crippen LogP contribution in [0.15, 0.2) is 60.7 Å². The fourth-order valence-corrected chi connectivity index (χ4v) is 2.69. The van der Waals surface area contributed by atoms with Crippen LogP contribution in [0.1, 0.15) is 37.8 Å². The number of hydrogen-bond acceptors (Lipinski definition) is 1. The minimum absolute atomic E-state index is 0.0730. The second-order valence-corrected chi connectivity index (χ2v) is 6.47. The zero-order valence-electron chi connectivity index (χ0n) is 14.7. The first-order valence-electron chi connectivity index (χ1n) is 8.78. The SMILES string of the molecule is C[C@H](CCc1ccccc1)NC(=O)N[C@H](C)CCc1ccccc1. The molecule has 0 aromatic heterocycles. The van der Waals surface area contributed by atoms with Crippen LogP contribution in [0.25, 0.3) is 0 Å². The van der Waals surface area contributed by atoms with Gasteiger partial charge in [0.25, 0.3) is 0 Å². The predicted molar refractivity (Wildman–Crippen MR) is 100 cm³/mol. The molecular weight excluding hydrogens is 296 g/mol. The molecule has 0 heterocycles. The van der Waals surface area contributed by atoms with Crippen molar-refractivity contribution in [3.05, 3.63) is 71.8 Å². The van der Waals surface area contributed by atoms with Crippen LogP contribution in [0, 0.1) is 0 Å². The average molecular weight is 324 g/mol. The molecule has 2 rings (SSSR count). The van der Waals surface area contributed by atoms with Gasteiger partial charge in [-0.05, 0) is 50.7 Å². The molecule has 0 aliphatic heterocycles. The van der Waals surface area contributed by atoms with E-state index in [4.69, 9.17) is 0 Å². The van der Waals surface area contributed by atoms with Crippen LogP contribution in [0.5, 0.6) is 0 Å². The number of nitrogens with one attached hydrogen (secondary N) is 2. The smallest absolute Gasteiger partial charge is 0.315 e. The summed E-state index contributed by atoms with van der Waals surface area (Å²) in [5.41, 5.74) is 2.62. The Labute approximate surface area is 145 Å². The number of aryl methyl sites for hydroxylation is 2. The zero-order chi connectivity index (χ0) is 17.2. The molecule has 0 unspecified atom stereocenters. The molecule has 2 atom stereocenters. The molecule has 0 fully saturated rings. The van der Waals surface area contributed by atoms with E-state index < -0.39 is 0 Å². The number of hydrogen-bond donors (Lipinski definition) is 2. The maximum absolute atomic E-state index is 12.1.